The van der Waals surface area contributed by atoms with Crippen LogP contribution in [0.2, 0.25) is 0 Å². The summed E-state index contributed by atoms with van der Waals surface area (Å²) in [6.45, 7) is 0. The monoisotopic (exact) mass is 203 g/mol. The molecule has 2 rings (SSSR count). The van der Waals surface area contributed by atoms with Gasteiger partial charge in [0.15, 0.2) is 0 Å². The van der Waals surface area contributed by atoms with Crippen molar-refractivity contribution in [1.29, 1.82) is 0 Å². The lowest BCUT2D eigenvalue weighted by Gasteiger charge is -2.04. The normalized spacial score (nSPS) is 14.3. The molecule has 0 spiro atoms. The number of carbonyl (C=O) groups is 1. The van der Waals surface area contributed by atoms with E-state index in [1.54, 1.807) is 12.1 Å². The van der Waals surface area contributed by atoms with E-state index in [0.29, 0.717) is 11.8 Å². The third kappa shape index (κ3) is 2.44. The van der Waals surface area contributed by atoms with Crippen LogP contribution in [0.15, 0.2) is 54.5 Å². The largest absolute Gasteiger partial charge is 0.457 e. The zero-order valence-corrected chi connectivity index (χ0v) is 7.70. The van der Waals surface area contributed by atoms with Crippen molar-refractivity contribution >= 4 is 6.29 Å². The van der Waals surface area contributed by atoms with Crippen LogP contribution in [0.4, 0.5) is 0 Å². The molecule has 0 heterocycles. The molecule has 2 nitrogen and oxygen atoms in total. The number of carbonyl (C=O) groups excluding carboxylic acids is 1. The number of ether oxygens (including phenoxy) is 1. The third-order valence-electron chi connectivity index (χ3n) is 1.69. The van der Waals surface area contributed by atoms with Crippen molar-refractivity contribution in [2.45, 2.75) is 0 Å². The van der Waals surface area contributed by atoms with Gasteiger partial charge in [-0.3, -0.25) is 4.79 Å². The molecule has 0 amide bonds. The lowest BCUT2D eigenvalue weighted by molar-refractivity contribution is 0.112. The summed E-state index contributed by atoms with van der Waals surface area (Å²) in [7, 11) is 0. The van der Waals surface area contributed by atoms with E-state index < -0.39 is 30.2 Å². The molecule has 0 bridgehead atoms. The van der Waals surface area contributed by atoms with Gasteiger partial charge in [-0.25, -0.2) is 0 Å². The van der Waals surface area contributed by atoms with Crippen LogP contribution in [0.3, 0.4) is 0 Å². The molecule has 2 aromatic rings. The zero-order chi connectivity index (χ0) is 14.9. The van der Waals surface area contributed by atoms with Gasteiger partial charge in [0.1, 0.15) is 17.8 Å². The molecule has 0 saturated heterocycles. The summed E-state index contributed by atoms with van der Waals surface area (Å²) < 4.78 is 43.3. The van der Waals surface area contributed by atoms with Crippen molar-refractivity contribution in [2.24, 2.45) is 0 Å². The Kier molecular flexibility index (Phi) is 1.51. The summed E-state index contributed by atoms with van der Waals surface area (Å²) in [6, 6.07) is 3.85. The van der Waals surface area contributed by atoms with Gasteiger partial charge in [-0.05, 0) is 24.2 Å². The van der Waals surface area contributed by atoms with Gasteiger partial charge < -0.3 is 4.74 Å². The second-order valence-electron chi connectivity index (χ2n) is 2.75. The molecule has 15 heavy (non-hydrogen) atoms. The highest BCUT2D eigenvalue weighted by Gasteiger charge is 1.97. The molecule has 0 unspecified atom stereocenters. The first kappa shape index (κ1) is 5.12. The molecule has 0 N–H and O–H groups in total. The fraction of sp³-hybridized carbons (Fsp3) is 0. The Morgan fingerprint density at radius 2 is 1.93 bits per heavy atom. The smallest absolute Gasteiger partial charge is 0.150 e. The number of benzene rings is 2. The van der Waals surface area contributed by atoms with Crippen molar-refractivity contribution in [1.82, 2.24) is 0 Å². The molecule has 0 saturated carbocycles. The van der Waals surface area contributed by atoms with Gasteiger partial charge in [-0.15, -0.1) is 0 Å². The molecule has 0 aliphatic heterocycles. The molecule has 2 aromatic carbocycles. The average molecular weight is 203 g/mol. The number of hydrogen-bond acceptors (Lipinski definition) is 2. The molecule has 0 fully saturated rings. The van der Waals surface area contributed by atoms with E-state index >= 15 is 0 Å². The van der Waals surface area contributed by atoms with Crippen molar-refractivity contribution < 1.29 is 16.4 Å². The first-order valence-corrected chi connectivity index (χ1v) is 4.25. The minimum atomic E-state index is -0.478. The quantitative estimate of drug-likeness (QED) is 0.715. The molecule has 0 aromatic heterocycles. The Bertz CT molecular complexity index is 656. The number of rotatable bonds is 3. The van der Waals surface area contributed by atoms with Crippen molar-refractivity contribution in [3.05, 3.63) is 60.0 Å². The van der Waals surface area contributed by atoms with Crippen LogP contribution in [0, 0.1) is 0 Å². The highest BCUT2D eigenvalue weighted by Crippen LogP contribution is 2.20. The van der Waals surface area contributed by atoms with Crippen LogP contribution in [0.1, 0.15) is 17.2 Å². The highest BCUT2D eigenvalue weighted by atomic mass is 16.5. The van der Waals surface area contributed by atoms with Crippen LogP contribution < -0.4 is 4.74 Å². The summed E-state index contributed by atoms with van der Waals surface area (Å²) in [5, 5.41) is 0. The van der Waals surface area contributed by atoms with Gasteiger partial charge in [0.2, 0.25) is 0 Å². The van der Waals surface area contributed by atoms with E-state index in [-0.39, 0.29) is 11.5 Å². The fourth-order valence-electron chi connectivity index (χ4n) is 1.06. The predicted octanol–water partition coefficient (Wildman–Crippen LogP) is 3.29. The van der Waals surface area contributed by atoms with Crippen LogP contribution in [-0.2, 0) is 0 Å². The molecule has 0 atom stereocenters. The number of aldehydes is 1. The molecule has 0 radical (unpaired) electrons. The van der Waals surface area contributed by atoms with E-state index in [2.05, 4.69) is 0 Å². The van der Waals surface area contributed by atoms with Crippen molar-refractivity contribution in [3.63, 3.8) is 0 Å². The second-order valence-corrected chi connectivity index (χ2v) is 2.75. The van der Waals surface area contributed by atoms with Crippen LogP contribution in [0.5, 0.6) is 11.5 Å². The predicted molar refractivity (Wildman–Crippen MR) is 58.3 cm³/mol. The molecular weight excluding hydrogens is 188 g/mol. The standard InChI is InChI=1S/C13H10O2/c14-10-11-5-4-8-13(9-11)15-12-6-2-1-3-7-12/h1-10H/i1D,2D,3D,6D,7D. The van der Waals surface area contributed by atoms with E-state index in [4.69, 9.17) is 11.6 Å². The van der Waals surface area contributed by atoms with Crippen molar-refractivity contribution in [3.8, 4) is 11.5 Å². The molecule has 0 aliphatic rings. The van der Waals surface area contributed by atoms with E-state index in [1.807, 2.05) is 0 Å². The van der Waals surface area contributed by atoms with E-state index in [9.17, 15) is 4.79 Å². The molecule has 0 aliphatic carbocycles. The molecule has 74 valence electrons. The summed E-state index contributed by atoms with van der Waals surface area (Å²) in [4.78, 5) is 10.7. The maximum absolute atomic E-state index is 10.7. The Morgan fingerprint density at radius 1 is 1.13 bits per heavy atom. The van der Waals surface area contributed by atoms with Crippen LogP contribution in [0.25, 0.3) is 0 Å². The number of para-hydroxylation sites is 1. The van der Waals surface area contributed by atoms with Gasteiger partial charge >= 0.3 is 0 Å². The highest BCUT2D eigenvalue weighted by molar-refractivity contribution is 5.75. The topological polar surface area (TPSA) is 26.3 Å². The summed E-state index contributed by atoms with van der Waals surface area (Å²) in [6.07, 6.45) is 0.634. The zero-order valence-electron chi connectivity index (χ0n) is 12.7. The SMILES string of the molecule is [2H]c1c([2H])c([2H])c(Oc2cccc(C=O)c2)c([2H])c1[2H]. The second kappa shape index (κ2) is 4.42. The lowest BCUT2D eigenvalue weighted by atomic mass is 10.2. The number of hydrogen-bond donors (Lipinski definition) is 0. The Morgan fingerprint density at radius 3 is 2.67 bits per heavy atom. The van der Waals surface area contributed by atoms with Gasteiger partial charge in [0, 0.05) is 5.56 Å². The summed E-state index contributed by atoms with van der Waals surface area (Å²) in [5.74, 6) is -0.0350. The van der Waals surface area contributed by atoms with E-state index in [1.165, 1.54) is 12.1 Å². The maximum Gasteiger partial charge on any atom is 0.150 e. The summed E-state index contributed by atoms with van der Waals surface area (Å²) >= 11 is 0. The average Bonchev–Trinajstić information content (AvgIpc) is 2.48. The first-order valence-electron chi connectivity index (χ1n) is 6.75. The van der Waals surface area contributed by atoms with Crippen LogP contribution >= 0.6 is 0 Å². The van der Waals surface area contributed by atoms with Gasteiger partial charge in [-0.2, -0.15) is 0 Å². The maximum atomic E-state index is 10.7. The minimum absolute atomic E-state index is 0.230. The van der Waals surface area contributed by atoms with Crippen LogP contribution in [-0.4, -0.2) is 6.29 Å². The summed E-state index contributed by atoms with van der Waals surface area (Å²) in [5.41, 5.74) is 0.370. The first-order chi connectivity index (χ1) is 9.45. The van der Waals surface area contributed by atoms with Crippen molar-refractivity contribution in [2.75, 3.05) is 0 Å². The minimum Gasteiger partial charge on any atom is -0.457 e. The molecule has 2 heteroatoms. The Hall–Kier alpha value is -2.09. The van der Waals surface area contributed by atoms with Gasteiger partial charge in [0.05, 0.1) is 6.85 Å². The fourth-order valence-corrected chi connectivity index (χ4v) is 1.06. The Labute approximate surface area is 95.2 Å². The molecular formula is C13H10O2. The Balaban J connectivity index is 2.51. The van der Waals surface area contributed by atoms with Gasteiger partial charge in [-0.1, -0.05) is 30.3 Å². The third-order valence-corrected chi connectivity index (χ3v) is 1.69. The van der Waals surface area contributed by atoms with E-state index in [0.717, 1.165) is 0 Å². The lowest BCUT2D eigenvalue weighted by Crippen LogP contribution is -1.85. The van der Waals surface area contributed by atoms with Gasteiger partial charge in [0.25, 0.3) is 0 Å².